The van der Waals surface area contributed by atoms with Crippen LogP contribution in [0.3, 0.4) is 0 Å². The van der Waals surface area contributed by atoms with Crippen LogP contribution >= 0.6 is 0 Å². The molecule has 2 rings (SSSR count). The van der Waals surface area contributed by atoms with Crippen LogP contribution in [0.15, 0.2) is 24.3 Å². The topological polar surface area (TPSA) is 52.9 Å². The summed E-state index contributed by atoms with van der Waals surface area (Å²) in [5.41, 5.74) is 1.50. The van der Waals surface area contributed by atoms with Crippen molar-refractivity contribution in [2.24, 2.45) is 5.41 Å². The van der Waals surface area contributed by atoms with Crippen molar-refractivity contribution in [1.29, 1.82) is 5.26 Å². The van der Waals surface area contributed by atoms with E-state index in [9.17, 15) is 4.79 Å². The molecule has 1 fully saturated rings. The number of nitrogens with zero attached hydrogens (tertiary/aromatic N) is 1. The number of carbonyl (C=O) groups is 1. The molecule has 0 aromatic heterocycles. The van der Waals surface area contributed by atoms with Crippen LogP contribution in [0.5, 0.6) is 0 Å². The van der Waals surface area contributed by atoms with E-state index in [1.54, 1.807) is 0 Å². The van der Waals surface area contributed by atoms with Gasteiger partial charge in [0.1, 0.15) is 5.41 Å². The molecule has 1 atom stereocenters. The number of carbonyl (C=O) groups excluding carboxylic acids is 1. The molecule has 1 aliphatic rings. The van der Waals surface area contributed by atoms with Crippen LogP contribution in [0.4, 0.5) is 0 Å². The van der Waals surface area contributed by atoms with Gasteiger partial charge in [0.05, 0.1) is 12.1 Å². The van der Waals surface area contributed by atoms with Gasteiger partial charge in [-0.15, -0.1) is 0 Å². The first-order valence-electron chi connectivity index (χ1n) is 6.37. The standard InChI is InChI=1S/C15H18N2O/c1-11-6-3-4-7-13(11)12(2)17-14(18)15(10-16)8-5-9-15/h3-4,6-7,12H,5,8-9H2,1-2H3,(H,17,18). The van der Waals surface area contributed by atoms with Gasteiger partial charge in [0.25, 0.3) is 0 Å². The Morgan fingerprint density at radius 2 is 2.11 bits per heavy atom. The molecular weight excluding hydrogens is 224 g/mol. The van der Waals surface area contributed by atoms with Gasteiger partial charge in [-0.2, -0.15) is 5.26 Å². The van der Waals surface area contributed by atoms with Crippen molar-refractivity contribution in [3.05, 3.63) is 35.4 Å². The highest BCUT2D eigenvalue weighted by Crippen LogP contribution is 2.40. The lowest BCUT2D eigenvalue weighted by Gasteiger charge is -2.34. The zero-order valence-corrected chi connectivity index (χ0v) is 10.9. The highest BCUT2D eigenvalue weighted by atomic mass is 16.2. The lowest BCUT2D eigenvalue weighted by Crippen LogP contribution is -2.45. The smallest absolute Gasteiger partial charge is 0.240 e. The van der Waals surface area contributed by atoms with E-state index in [1.165, 1.54) is 0 Å². The van der Waals surface area contributed by atoms with Gasteiger partial charge in [0, 0.05) is 0 Å². The van der Waals surface area contributed by atoms with E-state index in [-0.39, 0.29) is 11.9 Å². The second-order valence-electron chi connectivity index (χ2n) is 5.10. The summed E-state index contributed by atoms with van der Waals surface area (Å²) in [4.78, 5) is 12.1. The third-order valence-corrected chi connectivity index (χ3v) is 3.86. The largest absolute Gasteiger partial charge is 0.348 e. The van der Waals surface area contributed by atoms with Gasteiger partial charge in [-0.3, -0.25) is 4.79 Å². The molecule has 1 aromatic rings. The van der Waals surface area contributed by atoms with Crippen LogP contribution in [0.1, 0.15) is 43.4 Å². The maximum absolute atomic E-state index is 12.1. The molecule has 0 saturated heterocycles. The highest BCUT2D eigenvalue weighted by molar-refractivity contribution is 5.86. The lowest BCUT2D eigenvalue weighted by atomic mass is 9.69. The Balaban J connectivity index is 2.09. The van der Waals surface area contributed by atoms with Crippen molar-refractivity contribution in [2.75, 3.05) is 0 Å². The zero-order valence-electron chi connectivity index (χ0n) is 10.9. The number of hydrogen-bond donors (Lipinski definition) is 1. The van der Waals surface area contributed by atoms with Gasteiger partial charge in [-0.05, 0) is 44.2 Å². The van der Waals surface area contributed by atoms with Crippen LogP contribution in [-0.4, -0.2) is 5.91 Å². The number of amides is 1. The summed E-state index contributed by atoms with van der Waals surface area (Å²) < 4.78 is 0. The second kappa shape index (κ2) is 4.81. The fourth-order valence-corrected chi connectivity index (χ4v) is 2.41. The number of rotatable bonds is 3. The van der Waals surface area contributed by atoms with Gasteiger partial charge in [-0.25, -0.2) is 0 Å². The van der Waals surface area contributed by atoms with E-state index in [1.807, 2.05) is 38.1 Å². The van der Waals surface area contributed by atoms with E-state index in [0.717, 1.165) is 17.5 Å². The normalized spacial score (nSPS) is 18.3. The Hall–Kier alpha value is -1.82. The van der Waals surface area contributed by atoms with Crippen LogP contribution < -0.4 is 5.32 Å². The fraction of sp³-hybridized carbons (Fsp3) is 0.467. The summed E-state index contributed by atoms with van der Waals surface area (Å²) in [6.07, 6.45) is 2.35. The van der Waals surface area contributed by atoms with Crippen molar-refractivity contribution in [2.45, 2.75) is 39.2 Å². The number of benzene rings is 1. The molecule has 0 spiro atoms. The Bertz CT molecular complexity index is 497. The minimum atomic E-state index is -0.767. The van der Waals surface area contributed by atoms with Gasteiger partial charge >= 0.3 is 0 Å². The number of nitrogens with one attached hydrogen (secondary N) is 1. The molecule has 0 bridgehead atoms. The molecular formula is C15H18N2O. The molecule has 0 radical (unpaired) electrons. The minimum absolute atomic E-state index is 0.0514. The van der Waals surface area contributed by atoms with Crippen LogP contribution in [0.2, 0.25) is 0 Å². The molecule has 0 aliphatic heterocycles. The summed E-state index contributed by atoms with van der Waals surface area (Å²) in [5, 5.41) is 12.1. The third-order valence-electron chi connectivity index (χ3n) is 3.86. The predicted octanol–water partition coefficient (Wildman–Crippen LogP) is 2.87. The monoisotopic (exact) mass is 242 g/mol. The first-order chi connectivity index (χ1) is 8.59. The molecule has 1 amide bonds. The first kappa shape index (κ1) is 12.6. The van der Waals surface area contributed by atoms with Crippen LogP contribution in [0, 0.1) is 23.7 Å². The minimum Gasteiger partial charge on any atom is -0.348 e. The second-order valence-corrected chi connectivity index (χ2v) is 5.10. The zero-order chi connectivity index (χ0) is 13.2. The van der Waals surface area contributed by atoms with E-state index in [2.05, 4.69) is 11.4 Å². The molecule has 18 heavy (non-hydrogen) atoms. The SMILES string of the molecule is Cc1ccccc1C(C)NC(=O)C1(C#N)CCC1. The van der Waals surface area contributed by atoms with Gasteiger partial charge in [0.15, 0.2) is 0 Å². The summed E-state index contributed by atoms with van der Waals surface area (Å²) in [6, 6.07) is 10.1. The lowest BCUT2D eigenvalue weighted by molar-refractivity contribution is -0.132. The molecule has 1 aliphatic carbocycles. The van der Waals surface area contributed by atoms with Gasteiger partial charge < -0.3 is 5.32 Å². The van der Waals surface area contributed by atoms with E-state index in [4.69, 9.17) is 5.26 Å². The van der Waals surface area contributed by atoms with Crippen molar-refractivity contribution >= 4 is 5.91 Å². The summed E-state index contributed by atoms with van der Waals surface area (Å²) in [5.74, 6) is -0.119. The number of hydrogen-bond acceptors (Lipinski definition) is 2. The van der Waals surface area contributed by atoms with E-state index >= 15 is 0 Å². The maximum atomic E-state index is 12.1. The number of aryl methyl sites for hydroxylation is 1. The molecule has 0 heterocycles. The fourth-order valence-electron chi connectivity index (χ4n) is 2.41. The molecule has 1 aromatic carbocycles. The molecule has 1 unspecified atom stereocenters. The third kappa shape index (κ3) is 2.11. The quantitative estimate of drug-likeness (QED) is 0.886. The van der Waals surface area contributed by atoms with Crippen LogP contribution in [-0.2, 0) is 4.79 Å². The van der Waals surface area contributed by atoms with Crippen molar-refractivity contribution in [3.8, 4) is 6.07 Å². The van der Waals surface area contributed by atoms with Crippen molar-refractivity contribution in [3.63, 3.8) is 0 Å². The average molecular weight is 242 g/mol. The molecule has 1 N–H and O–H groups in total. The number of nitriles is 1. The average Bonchev–Trinajstić information content (AvgIpc) is 2.28. The molecule has 3 heteroatoms. The van der Waals surface area contributed by atoms with E-state index < -0.39 is 5.41 Å². The van der Waals surface area contributed by atoms with Crippen molar-refractivity contribution in [1.82, 2.24) is 5.32 Å². The summed E-state index contributed by atoms with van der Waals surface area (Å²) in [6.45, 7) is 3.99. The highest BCUT2D eigenvalue weighted by Gasteiger charge is 2.44. The first-order valence-corrected chi connectivity index (χ1v) is 6.37. The van der Waals surface area contributed by atoms with Gasteiger partial charge in [-0.1, -0.05) is 24.3 Å². The molecule has 94 valence electrons. The Kier molecular flexibility index (Phi) is 3.38. The molecule has 1 saturated carbocycles. The Labute approximate surface area is 108 Å². The Morgan fingerprint density at radius 1 is 1.44 bits per heavy atom. The summed E-state index contributed by atoms with van der Waals surface area (Å²) in [7, 11) is 0. The van der Waals surface area contributed by atoms with Crippen LogP contribution in [0.25, 0.3) is 0 Å². The van der Waals surface area contributed by atoms with E-state index in [0.29, 0.717) is 12.8 Å². The van der Waals surface area contributed by atoms with Gasteiger partial charge in [0.2, 0.25) is 5.91 Å². The predicted molar refractivity (Wildman–Crippen MR) is 69.6 cm³/mol. The van der Waals surface area contributed by atoms with Crippen molar-refractivity contribution < 1.29 is 4.79 Å². The Morgan fingerprint density at radius 3 is 2.61 bits per heavy atom. The summed E-state index contributed by atoms with van der Waals surface area (Å²) >= 11 is 0. The molecule has 3 nitrogen and oxygen atoms in total. The maximum Gasteiger partial charge on any atom is 0.240 e.